The largest absolute Gasteiger partial charge is 0.325 e. The van der Waals surface area contributed by atoms with Crippen LogP contribution in [-0.4, -0.2) is 33.1 Å². The molecule has 0 spiro atoms. The second kappa shape index (κ2) is 9.93. The number of aryl methyl sites for hydroxylation is 2. The fourth-order valence-corrected chi connectivity index (χ4v) is 3.50. The third-order valence-corrected chi connectivity index (χ3v) is 5.10. The molecule has 0 saturated heterocycles. The van der Waals surface area contributed by atoms with Crippen LogP contribution in [0.25, 0.3) is 0 Å². The summed E-state index contributed by atoms with van der Waals surface area (Å²) in [6.45, 7) is 4.59. The molecule has 1 heterocycles. The van der Waals surface area contributed by atoms with Gasteiger partial charge in [-0.05, 0) is 37.1 Å². The van der Waals surface area contributed by atoms with Gasteiger partial charge in [0.25, 0.3) is 0 Å². The molecule has 0 aliphatic carbocycles. The van der Waals surface area contributed by atoms with E-state index in [4.69, 9.17) is 0 Å². The fourth-order valence-electron chi connectivity index (χ4n) is 2.88. The molecule has 7 heteroatoms. The van der Waals surface area contributed by atoms with Crippen molar-refractivity contribution in [1.29, 1.82) is 0 Å². The van der Waals surface area contributed by atoms with Crippen molar-refractivity contribution in [2.45, 2.75) is 20.4 Å². The Hall–Kier alpha value is -3.06. The van der Waals surface area contributed by atoms with E-state index in [-0.39, 0.29) is 23.3 Å². The van der Waals surface area contributed by atoms with Crippen LogP contribution < -0.4 is 10.6 Å². The highest BCUT2D eigenvalue weighted by atomic mass is 32.2. The number of carbonyl (C=O) groups excluding carboxylic acids is 2. The molecule has 6 nitrogen and oxygen atoms in total. The molecule has 2 amide bonds. The van der Waals surface area contributed by atoms with Gasteiger partial charge in [-0.3, -0.25) is 9.59 Å². The molecular formula is C22H24N4O2S. The lowest BCUT2D eigenvalue weighted by molar-refractivity contribution is -0.114. The van der Waals surface area contributed by atoms with Crippen LogP contribution in [0.5, 0.6) is 0 Å². The molecular weight excluding hydrogens is 384 g/mol. The van der Waals surface area contributed by atoms with Gasteiger partial charge in [0, 0.05) is 11.8 Å². The third-order valence-electron chi connectivity index (χ3n) is 4.17. The summed E-state index contributed by atoms with van der Waals surface area (Å²) in [6, 6.07) is 17.6. The number of hydrogen-bond acceptors (Lipinski definition) is 4. The van der Waals surface area contributed by atoms with E-state index < -0.39 is 0 Å². The zero-order valence-electron chi connectivity index (χ0n) is 16.5. The number of aromatic nitrogens is 2. The van der Waals surface area contributed by atoms with Gasteiger partial charge >= 0.3 is 0 Å². The number of anilines is 2. The smallest absolute Gasteiger partial charge is 0.235 e. The Morgan fingerprint density at radius 2 is 1.62 bits per heavy atom. The first-order chi connectivity index (χ1) is 14.0. The second-order valence-corrected chi connectivity index (χ2v) is 7.81. The van der Waals surface area contributed by atoms with Gasteiger partial charge in [-0.15, -0.1) is 11.8 Å². The van der Waals surface area contributed by atoms with E-state index >= 15 is 0 Å². The minimum atomic E-state index is -0.163. The maximum absolute atomic E-state index is 12.2. The highest BCUT2D eigenvalue weighted by Gasteiger charge is 2.10. The number of hydrogen-bond donors (Lipinski definition) is 2. The molecule has 2 N–H and O–H groups in total. The van der Waals surface area contributed by atoms with Crippen LogP contribution in [0, 0.1) is 13.8 Å². The molecule has 2 aromatic carbocycles. The van der Waals surface area contributed by atoms with E-state index in [2.05, 4.69) is 21.8 Å². The van der Waals surface area contributed by atoms with Gasteiger partial charge in [0.1, 0.15) is 5.82 Å². The van der Waals surface area contributed by atoms with E-state index in [1.54, 1.807) is 16.9 Å². The minimum Gasteiger partial charge on any atom is -0.325 e. The Balaban J connectivity index is 1.45. The van der Waals surface area contributed by atoms with Crippen molar-refractivity contribution in [2.24, 2.45) is 0 Å². The van der Waals surface area contributed by atoms with E-state index in [1.807, 2.05) is 56.3 Å². The van der Waals surface area contributed by atoms with E-state index in [0.29, 0.717) is 12.4 Å². The molecule has 0 saturated carbocycles. The van der Waals surface area contributed by atoms with Crippen LogP contribution in [-0.2, 0) is 16.1 Å². The number of amides is 2. The lowest BCUT2D eigenvalue weighted by Crippen LogP contribution is -2.20. The van der Waals surface area contributed by atoms with Gasteiger partial charge in [0.05, 0.1) is 24.2 Å². The molecule has 0 unspecified atom stereocenters. The maximum Gasteiger partial charge on any atom is 0.235 e. The predicted octanol–water partition coefficient (Wildman–Crippen LogP) is 3.86. The fraction of sp³-hybridized carbons (Fsp3) is 0.227. The van der Waals surface area contributed by atoms with Gasteiger partial charge < -0.3 is 10.6 Å². The predicted molar refractivity (Wildman–Crippen MR) is 118 cm³/mol. The third kappa shape index (κ3) is 6.50. The van der Waals surface area contributed by atoms with E-state index in [1.165, 1.54) is 17.3 Å². The monoisotopic (exact) mass is 408 g/mol. The van der Waals surface area contributed by atoms with Crippen LogP contribution in [0.15, 0.2) is 60.8 Å². The Kier molecular flexibility index (Phi) is 7.08. The van der Waals surface area contributed by atoms with Gasteiger partial charge in [-0.1, -0.05) is 42.0 Å². The van der Waals surface area contributed by atoms with Crippen molar-refractivity contribution in [3.63, 3.8) is 0 Å². The zero-order chi connectivity index (χ0) is 20.6. The molecule has 0 bridgehead atoms. The summed E-state index contributed by atoms with van der Waals surface area (Å²) in [5.74, 6) is 0.754. The number of rotatable bonds is 8. The first-order valence-corrected chi connectivity index (χ1v) is 10.5. The first-order valence-electron chi connectivity index (χ1n) is 9.31. The number of carbonyl (C=O) groups is 2. The number of nitrogens with zero attached hydrogens (tertiary/aromatic N) is 2. The molecule has 0 aliphatic rings. The van der Waals surface area contributed by atoms with Crippen molar-refractivity contribution in [1.82, 2.24) is 9.78 Å². The van der Waals surface area contributed by atoms with Gasteiger partial charge in [0.15, 0.2) is 0 Å². The average Bonchev–Trinajstić information content (AvgIpc) is 3.08. The first kappa shape index (κ1) is 20.7. The number of nitrogens with one attached hydrogen (secondary N) is 2. The van der Waals surface area contributed by atoms with E-state index in [9.17, 15) is 9.59 Å². The van der Waals surface area contributed by atoms with Crippen molar-refractivity contribution < 1.29 is 9.59 Å². The Morgan fingerprint density at radius 3 is 2.34 bits per heavy atom. The van der Waals surface area contributed by atoms with Crippen LogP contribution in [0.3, 0.4) is 0 Å². The summed E-state index contributed by atoms with van der Waals surface area (Å²) < 4.78 is 1.75. The highest BCUT2D eigenvalue weighted by Crippen LogP contribution is 2.13. The molecule has 0 radical (unpaired) electrons. The lowest BCUT2D eigenvalue weighted by atomic mass is 10.1. The number of benzene rings is 2. The van der Waals surface area contributed by atoms with Crippen molar-refractivity contribution in [3.8, 4) is 0 Å². The van der Waals surface area contributed by atoms with Crippen LogP contribution in [0.2, 0.25) is 0 Å². The zero-order valence-corrected chi connectivity index (χ0v) is 17.3. The van der Waals surface area contributed by atoms with Crippen LogP contribution in [0.4, 0.5) is 11.5 Å². The molecule has 3 rings (SSSR count). The average molecular weight is 409 g/mol. The van der Waals surface area contributed by atoms with Crippen molar-refractivity contribution in [3.05, 3.63) is 77.5 Å². The molecule has 0 fully saturated rings. The Labute approximate surface area is 174 Å². The topological polar surface area (TPSA) is 76.0 Å². The minimum absolute atomic E-state index is 0.127. The Bertz CT molecular complexity index is 1000. The molecule has 150 valence electrons. The summed E-state index contributed by atoms with van der Waals surface area (Å²) in [5, 5.41) is 9.99. The molecule has 29 heavy (non-hydrogen) atoms. The van der Waals surface area contributed by atoms with Crippen molar-refractivity contribution >= 4 is 35.1 Å². The maximum atomic E-state index is 12.2. The summed E-state index contributed by atoms with van der Waals surface area (Å²) in [6.07, 6.45) is 1.66. The standard InChI is InChI=1S/C22H24N4O2S/c1-16-5-3-7-18(11-16)13-26-20(9-10-23-26)25-22(28)15-29-14-21(27)24-19-8-4-6-17(2)12-19/h3-12H,13-15H2,1-2H3,(H,24,27)(H,25,28). The SMILES string of the molecule is Cc1cccc(Cn2nccc2NC(=O)CSCC(=O)Nc2cccc(C)c2)c1. The quantitative estimate of drug-likeness (QED) is 0.593. The summed E-state index contributed by atoms with van der Waals surface area (Å²) in [4.78, 5) is 24.3. The van der Waals surface area contributed by atoms with Gasteiger partial charge in [-0.25, -0.2) is 4.68 Å². The summed E-state index contributed by atoms with van der Waals surface area (Å²) in [5.41, 5.74) is 4.14. The van der Waals surface area contributed by atoms with Gasteiger partial charge in [0.2, 0.25) is 11.8 Å². The van der Waals surface area contributed by atoms with Crippen LogP contribution >= 0.6 is 11.8 Å². The molecule has 1 aromatic heterocycles. The summed E-state index contributed by atoms with van der Waals surface area (Å²) in [7, 11) is 0. The molecule has 3 aromatic rings. The second-order valence-electron chi connectivity index (χ2n) is 6.82. The van der Waals surface area contributed by atoms with Gasteiger partial charge in [-0.2, -0.15) is 5.10 Å². The summed E-state index contributed by atoms with van der Waals surface area (Å²) >= 11 is 1.27. The number of thioether (sulfide) groups is 1. The Morgan fingerprint density at radius 1 is 0.931 bits per heavy atom. The van der Waals surface area contributed by atoms with Crippen molar-refractivity contribution in [2.75, 3.05) is 22.1 Å². The highest BCUT2D eigenvalue weighted by molar-refractivity contribution is 8.00. The molecule has 0 atom stereocenters. The molecule has 0 aliphatic heterocycles. The van der Waals surface area contributed by atoms with E-state index in [0.717, 1.165) is 16.8 Å². The lowest BCUT2D eigenvalue weighted by Gasteiger charge is -2.10. The normalized spacial score (nSPS) is 10.6. The van der Waals surface area contributed by atoms with Crippen LogP contribution in [0.1, 0.15) is 16.7 Å².